The molecule has 0 saturated carbocycles. The molecule has 1 amide bonds. The molecule has 4 aromatic rings. The van der Waals surface area contributed by atoms with E-state index in [9.17, 15) is 9.59 Å². The fraction of sp³-hybridized carbons (Fsp3) is 0.0588. The third-order valence-electron chi connectivity index (χ3n) is 3.88. The highest BCUT2D eigenvalue weighted by atomic mass is 32.1. The summed E-state index contributed by atoms with van der Waals surface area (Å²) in [6.07, 6.45) is 6.33. The van der Waals surface area contributed by atoms with Crippen LogP contribution in [0.2, 0.25) is 0 Å². The van der Waals surface area contributed by atoms with Gasteiger partial charge < -0.3 is 16.0 Å². The summed E-state index contributed by atoms with van der Waals surface area (Å²) in [6, 6.07) is 5.14. The van der Waals surface area contributed by atoms with E-state index < -0.39 is 0 Å². The molecule has 130 valence electrons. The summed E-state index contributed by atoms with van der Waals surface area (Å²) in [5, 5.41) is 7.02. The van der Waals surface area contributed by atoms with Crippen molar-refractivity contribution in [3.05, 3.63) is 64.6 Å². The Morgan fingerprint density at radius 3 is 3.04 bits per heavy atom. The van der Waals surface area contributed by atoms with Gasteiger partial charge in [-0.15, -0.1) is 11.3 Å². The quantitative estimate of drug-likeness (QED) is 0.514. The van der Waals surface area contributed by atoms with Crippen LogP contribution >= 0.6 is 11.3 Å². The van der Waals surface area contributed by atoms with Crippen LogP contribution in [-0.2, 0) is 0 Å². The third-order valence-corrected chi connectivity index (χ3v) is 5.03. The van der Waals surface area contributed by atoms with Crippen molar-refractivity contribution in [2.24, 2.45) is 0 Å². The summed E-state index contributed by atoms with van der Waals surface area (Å²) in [5.74, 6) is -0.314. The molecule has 9 heteroatoms. The van der Waals surface area contributed by atoms with Gasteiger partial charge in [-0.05, 0) is 25.1 Å². The van der Waals surface area contributed by atoms with Gasteiger partial charge in [-0.25, -0.2) is 4.52 Å². The number of nitrogen functional groups attached to an aromatic ring is 1. The number of thiazole rings is 1. The van der Waals surface area contributed by atoms with Crippen LogP contribution in [0.15, 0.2) is 47.8 Å². The summed E-state index contributed by atoms with van der Waals surface area (Å²) in [7, 11) is 0. The fourth-order valence-electron chi connectivity index (χ4n) is 2.55. The smallest absolute Gasteiger partial charge is 0.260 e. The number of fused-ring (bicyclic) bond motifs is 1. The number of nitrogens with two attached hydrogens (primary N) is 1. The second kappa shape index (κ2) is 6.12. The van der Waals surface area contributed by atoms with E-state index in [0.717, 1.165) is 4.88 Å². The molecule has 0 bridgehead atoms. The summed E-state index contributed by atoms with van der Waals surface area (Å²) >= 11 is 1.32. The second-order valence-corrected chi connectivity index (χ2v) is 6.70. The van der Waals surface area contributed by atoms with E-state index in [0.29, 0.717) is 33.0 Å². The maximum atomic E-state index is 12.7. The molecule has 0 aliphatic heterocycles. The molecule has 4 aromatic heterocycles. The first-order valence-corrected chi connectivity index (χ1v) is 8.53. The second-order valence-electron chi connectivity index (χ2n) is 5.67. The van der Waals surface area contributed by atoms with E-state index in [2.05, 4.69) is 20.4 Å². The van der Waals surface area contributed by atoms with Gasteiger partial charge in [-0.2, -0.15) is 5.10 Å². The Morgan fingerprint density at radius 1 is 1.38 bits per heavy atom. The zero-order valence-electron chi connectivity index (χ0n) is 13.7. The van der Waals surface area contributed by atoms with Crippen LogP contribution in [0.4, 0.5) is 11.4 Å². The number of aromatic amines is 1. The first kappa shape index (κ1) is 16.0. The lowest BCUT2D eigenvalue weighted by molar-refractivity contribution is 0.102. The zero-order valence-corrected chi connectivity index (χ0v) is 14.5. The number of carbonyl (C=O) groups is 1. The molecule has 4 N–H and O–H groups in total. The molecule has 0 aliphatic rings. The number of aromatic nitrogens is 4. The summed E-state index contributed by atoms with van der Waals surface area (Å²) in [6.45, 7) is 1.79. The van der Waals surface area contributed by atoms with E-state index in [4.69, 9.17) is 5.73 Å². The molecule has 8 nitrogen and oxygen atoms in total. The Hall–Kier alpha value is -3.46. The standard InChI is InChI=1S/C17H14N6O2S/c1-9-13(5-10(18)6-20-9)22-16(25)12-7-21-23-8-14(26-17(12)23)11-3-2-4-19-15(11)24/h2-8H,18H2,1H3,(H,19,24)(H,22,25). The molecular weight excluding hydrogens is 352 g/mol. The third kappa shape index (κ3) is 2.74. The van der Waals surface area contributed by atoms with Crippen molar-refractivity contribution in [3.8, 4) is 10.4 Å². The van der Waals surface area contributed by atoms with E-state index in [-0.39, 0.29) is 11.5 Å². The van der Waals surface area contributed by atoms with Crippen molar-refractivity contribution in [2.45, 2.75) is 6.92 Å². The molecule has 0 spiro atoms. The number of hydrogen-bond donors (Lipinski definition) is 3. The van der Waals surface area contributed by atoms with Crippen LogP contribution in [0.1, 0.15) is 16.1 Å². The molecule has 4 heterocycles. The van der Waals surface area contributed by atoms with Crippen molar-refractivity contribution in [1.82, 2.24) is 19.6 Å². The number of pyridine rings is 2. The largest absolute Gasteiger partial charge is 0.397 e. The molecule has 0 fully saturated rings. The highest BCUT2D eigenvalue weighted by Crippen LogP contribution is 2.29. The molecule has 0 unspecified atom stereocenters. The topological polar surface area (TPSA) is 118 Å². The maximum Gasteiger partial charge on any atom is 0.260 e. The number of nitrogens with one attached hydrogen (secondary N) is 2. The van der Waals surface area contributed by atoms with Crippen LogP contribution in [0.5, 0.6) is 0 Å². The molecule has 0 radical (unpaired) electrons. The van der Waals surface area contributed by atoms with E-state index in [1.807, 2.05) is 0 Å². The van der Waals surface area contributed by atoms with Crippen molar-refractivity contribution in [2.75, 3.05) is 11.1 Å². The van der Waals surface area contributed by atoms with Crippen molar-refractivity contribution in [3.63, 3.8) is 0 Å². The Balaban J connectivity index is 1.71. The molecule has 0 atom stereocenters. The van der Waals surface area contributed by atoms with Crippen molar-refractivity contribution < 1.29 is 4.79 Å². The monoisotopic (exact) mass is 366 g/mol. The number of aryl methyl sites for hydroxylation is 1. The van der Waals surface area contributed by atoms with Gasteiger partial charge in [-0.1, -0.05) is 0 Å². The van der Waals surface area contributed by atoms with Crippen LogP contribution in [0, 0.1) is 6.92 Å². The van der Waals surface area contributed by atoms with Crippen molar-refractivity contribution in [1.29, 1.82) is 0 Å². The van der Waals surface area contributed by atoms with Gasteiger partial charge in [0.2, 0.25) is 0 Å². The zero-order chi connectivity index (χ0) is 18.3. The van der Waals surface area contributed by atoms with Gasteiger partial charge in [0, 0.05) is 12.4 Å². The Labute approximate surface area is 151 Å². The number of carbonyl (C=O) groups excluding carboxylic acids is 1. The lowest BCUT2D eigenvalue weighted by atomic mass is 10.2. The molecule has 26 heavy (non-hydrogen) atoms. The van der Waals surface area contributed by atoms with E-state index in [1.165, 1.54) is 23.7 Å². The number of H-pyrrole nitrogens is 1. The summed E-state index contributed by atoms with van der Waals surface area (Å²) < 4.78 is 1.59. The predicted molar refractivity (Wildman–Crippen MR) is 100 cm³/mol. The Bertz CT molecular complexity index is 1190. The van der Waals surface area contributed by atoms with Crippen LogP contribution in [0.3, 0.4) is 0 Å². The fourth-order valence-corrected chi connectivity index (χ4v) is 3.63. The van der Waals surface area contributed by atoms with Crippen molar-refractivity contribution >= 4 is 33.4 Å². The summed E-state index contributed by atoms with van der Waals surface area (Å²) in [5.41, 5.74) is 8.17. The number of hydrogen-bond acceptors (Lipinski definition) is 6. The van der Waals surface area contributed by atoms with Gasteiger partial charge in [0.05, 0.1) is 45.5 Å². The predicted octanol–water partition coefficient (Wildman–Crippen LogP) is 2.29. The lowest BCUT2D eigenvalue weighted by Crippen LogP contribution is -2.13. The SMILES string of the molecule is Cc1ncc(N)cc1NC(=O)c1cnn2cc(-c3ccc[nH]c3=O)sc12. The average Bonchev–Trinajstić information content (AvgIpc) is 3.19. The molecule has 0 aromatic carbocycles. The minimum Gasteiger partial charge on any atom is -0.397 e. The summed E-state index contributed by atoms with van der Waals surface area (Å²) in [4.78, 5) is 32.8. The first-order chi connectivity index (χ1) is 12.5. The Kier molecular flexibility index (Phi) is 3.77. The highest BCUT2D eigenvalue weighted by molar-refractivity contribution is 7.21. The molecule has 0 saturated heterocycles. The van der Waals surface area contributed by atoms with Gasteiger partial charge in [0.15, 0.2) is 0 Å². The van der Waals surface area contributed by atoms with Gasteiger partial charge in [0.1, 0.15) is 4.83 Å². The van der Waals surface area contributed by atoms with Crippen LogP contribution in [0.25, 0.3) is 15.3 Å². The van der Waals surface area contributed by atoms with Gasteiger partial charge in [-0.3, -0.25) is 14.6 Å². The first-order valence-electron chi connectivity index (χ1n) is 7.71. The maximum absolute atomic E-state index is 12.7. The molecular formula is C17H14N6O2S. The van der Waals surface area contributed by atoms with Crippen LogP contribution < -0.4 is 16.6 Å². The number of rotatable bonds is 3. The number of amides is 1. The van der Waals surface area contributed by atoms with Gasteiger partial charge >= 0.3 is 0 Å². The van der Waals surface area contributed by atoms with Gasteiger partial charge in [0.25, 0.3) is 11.5 Å². The average molecular weight is 366 g/mol. The number of anilines is 2. The normalized spacial score (nSPS) is 11.0. The van der Waals surface area contributed by atoms with E-state index in [1.54, 1.807) is 42.0 Å². The Morgan fingerprint density at radius 2 is 2.23 bits per heavy atom. The minimum atomic E-state index is -0.314. The molecule has 0 aliphatic carbocycles. The number of nitrogens with zero attached hydrogens (tertiary/aromatic N) is 3. The highest BCUT2D eigenvalue weighted by Gasteiger charge is 2.18. The van der Waals surface area contributed by atoms with E-state index >= 15 is 0 Å². The van der Waals surface area contributed by atoms with Crippen LogP contribution in [-0.4, -0.2) is 25.5 Å². The molecule has 4 rings (SSSR count). The minimum absolute atomic E-state index is 0.190. The lowest BCUT2D eigenvalue weighted by Gasteiger charge is -2.07.